The fourth-order valence-electron chi connectivity index (χ4n) is 4.38. The molecule has 0 saturated carbocycles. The molecule has 11 nitrogen and oxygen atoms in total. The van der Waals surface area contributed by atoms with Crippen molar-refractivity contribution in [3.63, 3.8) is 0 Å². The molecular weight excluding hydrogens is 502 g/mol. The zero-order chi connectivity index (χ0) is 26.5. The van der Waals surface area contributed by atoms with Crippen molar-refractivity contribution in [3.05, 3.63) is 30.2 Å². The molecule has 0 aliphatic carbocycles. The standard InChI is InChI=1S/C22H21F4N7O4/c1-22(29-21(34)35-3)8-33-19(36-9-22)13(15(30-33)16(23)24)14-12(10-5-4-6-27-17(10)28-14)11-7-32(2)31-18(11)37-20(25)26/h4-7,16,20H,8-9H2,1-3H3,(H,27,28)(H,29,34)/t22-/m0/s1. The number of aromatic nitrogens is 6. The number of aryl methyl sites for hydroxylation is 1. The molecule has 0 bridgehead atoms. The average molecular weight is 523 g/mol. The number of pyridine rings is 1. The van der Waals surface area contributed by atoms with Crippen LogP contribution < -0.4 is 14.8 Å². The first kappa shape index (κ1) is 24.4. The first-order chi connectivity index (χ1) is 17.6. The van der Waals surface area contributed by atoms with E-state index in [1.54, 1.807) is 19.1 Å². The Morgan fingerprint density at radius 1 is 1.27 bits per heavy atom. The lowest BCUT2D eigenvalue weighted by atomic mass is 9.99. The number of hydrogen-bond donors (Lipinski definition) is 2. The van der Waals surface area contributed by atoms with Gasteiger partial charge in [-0.25, -0.2) is 23.2 Å². The fraction of sp³-hybridized carbons (Fsp3) is 0.364. The summed E-state index contributed by atoms with van der Waals surface area (Å²) in [6, 6.07) is 3.28. The Bertz CT molecular complexity index is 1480. The van der Waals surface area contributed by atoms with Crippen LogP contribution in [-0.2, 0) is 18.3 Å². The molecule has 1 aliphatic heterocycles. The van der Waals surface area contributed by atoms with Crippen LogP contribution in [0.2, 0.25) is 0 Å². The molecule has 0 spiro atoms. The first-order valence-electron chi connectivity index (χ1n) is 10.9. The molecule has 0 fully saturated rings. The summed E-state index contributed by atoms with van der Waals surface area (Å²) < 4.78 is 72.6. The maximum atomic E-state index is 14.3. The molecule has 0 saturated heterocycles. The molecule has 5 heterocycles. The number of amides is 1. The van der Waals surface area contributed by atoms with E-state index >= 15 is 0 Å². The molecule has 1 atom stereocenters. The second kappa shape index (κ2) is 8.97. The predicted octanol–water partition coefficient (Wildman–Crippen LogP) is 3.87. The van der Waals surface area contributed by atoms with Crippen molar-refractivity contribution >= 4 is 17.1 Å². The molecule has 15 heteroatoms. The second-order valence-corrected chi connectivity index (χ2v) is 8.66. The lowest BCUT2D eigenvalue weighted by Gasteiger charge is -2.34. The summed E-state index contributed by atoms with van der Waals surface area (Å²) in [6.45, 7) is -1.59. The molecule has 1 aliphatic rings. The number of aromatic amines is 1. The van der Waals surface area contributed by atoms with E-state index in [9.17, 15) is 22.4 Å². The highest BCUT2D eigenvalue weighted by Gasteiger charge is 2.39. The maximum Gasteiger partial charge on any atom is 0.407 e. The largest absolute Gasteiger partial charge is 0.475 e. The van der Waals surface area contributed by atoms with Gasteiger partial charge in [-0.2, -0.15) is 13.9 Å². The number of alkyl halides is 4. The number of carbonyl (C=O) groups is 1. The third-order valence-electron chi connectivity index (χ3n) is 5.84. The molecule has 37 heavy (non-hydrogen) atoms. The highest BCUT2D eigenvalue weighted by atomic mass is 19.3. The number of methoxy groups -OCH3 is 1. The van der Waals surface area contributed by atoms with Crippen molar-refractivity contribution in [2.24, 2.45) is 7.05 Å². The first-order valence-corrected chi connectivity index (χ1v) is 10.9. The van der Waals surface area contributed by atoms with Gasteiger partial charge in [0.1, 0.15) is 17.9 Å². The summed E-state index contributed by atoms with van der Waals surface area (Å²) >= 11 is 0. The minimum atomic E-state index is -3.16. The van der Waals surface area contributed by atoms with Gasteiger partial charge in [0.2, 0.25) is 11.8 Å². The van der Waals surface area contributed by atoms with Crippen LogP contribution in [0.1, 0.15) is 19.0 Å². The van der Waals surface area contributed by atoms with Gasteiger partial charge in [-0.3, -0.25) is 4.68 Å². The van der Waals surface area contributed by atoms with E-state index in [-0.39, 0.29) is 47.3 Å². The summed E-state index contributed by atoms with van der Waals surface area (Å²) in [5.41, 5.74) is -0.871. The van der Waals surface area contributed by atoms with Gasteiger partial charge in [0, 0.05) is 30.4 Å². The second-order valence-electron chi connectivity index (χ2n) is 8.66. The van der Waals surface area contributed by atoms with E-state index in [2.05, 4.69) is 35.0 Å². The molecule has 5 rings (SSSR count). The summed E-state index contributed by atoms with van der Waals surface area (Å²) in [5, 5.41) is 11.1. The Balaban J connectivity index is 1.73. The molecule has 1 amide bonds. The Labute approximate surface area is 206 Å². The molecule has 196 valence electrons. The third kappa shape index (κ3) is 4.29. The molecule has 0 aromatic carbocycles. The number of H-pyrrole nitrogens is 1. The summed E-state index contributed by atoms with van der Waals surface area (Å²) in [4.78, 5) is 19.1. The monoisotopic (exact) mass is 523 g/mol. The zero-order valence-corrected chi connectivity index (χ0v) is 19.8. The number of halogens is 4. The molecule has 2 N–H and O–H groups in total. The summed E-state index contributed by atoms with van der Waals surface area (Å²) in [5.74, 6) is -0.383. The van der Waals surface area contributed by atoms with Crippen LogP contribution in [0, 0.1) is 0 Å². The minimum absolute atomic E-state index is 0.00238. The van der Waals surface area contributed by atoms with Crippen molar-refractivity contribution in [3.8, 4) is 34.1 Å². The van der Waals surface area contributed by atoms with Crippen LogP contribution in [0.15, 0.2) is 24.5 Å². The number of nitrogens with one attached hydrogen (secondary N) is 2. The summed E-state index contributed by atoms with van der Waals surface area (Å²) in [7, 11) is 2.71. The van der Waals surface area contributed by atoms with Crippen LogP contribution in [0.25, 0.3) is 33.4 Å². The maximum absolute atomic E-state index is 14.3. The molecular formula is C22H21F4N7O4. The van der Waals surface area contributed by atoms with Gasteiger partial charge in [0.05, 0.1) is 36.0 Å². The number of carbonyl (C=O) groups excluding carboxylic acids is 1. The van der Waals surface area contributed by atoms with Crippen molar-refractivity contribution in [2.45, 2.75) is 32.0 Å². The van der Waals surface area contributed by atoms with E-state index in [1.165, 1.54) is 35.9 Å². The number of nitrogens with zero attached hydrogens (tertiary/aromatic N) is 5. The smallest absolute Gasteiger partial charge is 0.407 e. The number of ether oxygens (including phenoxy) is 3. The minimum Gasteiger partial charge on any atom is -0.475 e. The van der Waals surface area contributed by atoms with Crippen molar-refractivity contribution in [1.29, 1.82) is 0 Å². The highest BCUT2D eigenvalue weighted by Crippen LogP contribution is 2.48. The quantitative estimate of drug-likeness (QED) is 0.368. The van der Waals surface area contributed by atoms with E-state index in [0.29, 0.717) is 11.0 Å². The van der Waals surface area contributed by atoms with E-state index in [1.807, 2.05) is 0 Å². The highest BCUT2D eigenvalue weighted by molar-refractivity contribution is 6.04. The lowest BCUT2D eigenvalue weighted by molar-refractivity contribution is -0.0527. The van der Waals surface area contributed by atoms with Crippen molar-refractivity contribution < 1.29 is 36.6 Å². The van der Waals surface area contributed by atoms with Gasteiger partial charge >= 0.3 is 12.7 Å². The molecule has 0 unspecified atom stereocenters. The fourth-order valence-corrected chi connectivity index (χ4v) is 4.38. The molecule has 0 radical (unpaired) electrons. The molecule has 4 aromatic heterocycles. The van der Waals surface area contributed by atoms with Crippen LogP contribution in [0.3, 0.4) is 0 Å². The van der Waals surface area contributed by atoms with E-state index in [0.717, 1.165) is 0 Å². The van der Waals surface area contributed by atoms with Crippen molar-refractivity contribution in [1.82, 2.24) is 34.8 Å². The van der Waals surface area contributed by atoms with Crippen molar-refractivity contribution in [2.75, 3.05) is 13.7 Å². The number of fused-ring (bicyclic) bond motifs is 2. The number of hydrogen-bond acceptors (Lipinski definition) is 7. The zero-order valence-electron chi connectivity index (χ0n) is 19.8. The normalized spacial score (nSPS) is 17.2. The van der Waals surface area contributed by atoms with Gasteiger partial charge in [0.25, 0.3) is 6.43 Å². The van der Waals surface area contributed by atoms with Crippen LogP contribution >= 0.6 is 0 Å². The number of rotatable bonds is 6. The average Bonchev–Trinajstić information content (AvgIpc) is 3.50. The van der Waals surface area contributed by atoms with Crippen LogP contribution in [0.5, 0.6) is 11.8 Å². The SMILES string of the molecule is COC(=O)N[C@]1(C)COc2c(-c3[nH]c4ncccc4c3-c3cn(C)nc3OC(F)F)c(C(F)F)nn2C1. The van der Waals surface area contributed by atoms with Gasteiger partial charge in [-0.15, -0.1) is 5.10 Å². The lowest BCUT2D eigenvalue weighted by Crippen LogP contribution is -2.55. The van der Waals surface area contributed by atoms with Gasteiger partial charge < -0.3 is 24.5 Å². The topological polar surface area (TPSA) is 121 Å². The van der Waals surface area contributed by atoms with Gasteiger partial charge in [0.15, 0.2) is 0 Å². The predicted molar refractivity (Wildman–Crippen MR) is 121 cm³/mol. The summed E-state index contributed by atoms with van der Waals surface area (Å²) in [6.07, 6.45) is -0.807. The number of alkyl carbamates (subject to hydrolysis) is 1. The van der Waals surface area contributed by atoms with Gasteiger partial charge in [-0.05, 0) is 19.1 Å². The van der Waals surface area contributed by atoms with E-state index in [4.69, 9.17) is 4.74 Å². The Hall–Kier alpha value is -4.30. The Morgan fingerprint density at radius 3 is 2.76 bits per heavy atom. The van der Waals surface area contributed by atoms with Gasteiger partial charge in [-0.1, -0.05) is 0 Å². The van der Waals surface area contributed by atoms with Crippen LogP contribution in [0.4, 0.5) is 22.4 Å². The Kier molecular flexibility index (Phi) is 5.92. The third-order valence-corrected chi connectivity index (χ3v) is 5.84. The molecule has 4 aromatic rings. The van der Waals surface area contributed by atoms with E-state index < -0.39 is 30.4 Å². The Morgan fingerprint density at radius 2 is 2.05 bits per heavy atom. The van der Waals surface area contributed by atoms with Crippen LogP contribution in [-0.4, -0.2) is 61.5 Å².